The number of hydrogen-bond donors (Lipinski definition) is 2. The summed E-state index contributed by atoms with van der Waals surface area (Å²) in [5.74, 6) is 0.886. The molecular weight excluding hydrogens is 352 g/mol. The molecule has 0 bridgehead atoms. The zero-order chi connectivity index (χ0) is 18.4. The van der Waals surface area contributed by atoms with Crippen molar-refractivity contribution >= 4 is 22.5 Å². The predicted molar refractivity (Wildman–Crippen MR) is 101 cm³/mol. The highest BCUT2D eigenvalue weighted by atomic mass is 32.1. The Kier molecular flexibility index (Phi) is 6.24. The number of nitrogens with one attached hydrogen (secondary N) is 1. The molecule has 1 aliphatic heterocycles. The first kappa shape index (κ1) is 18.4. The fraction of sp³-hybridized carbons (Fsp3) is 0.471. The van der Waals surface area contributed by atoms with Gasteiger partial charge in [0.1, 0.15) is 17.4 Å². The molecule has 3 rings (SSSR count). The van der Waals surface area contributed by atoms with Crippen LogP contribution in [0.4, 0.5) is 9.93 Å². The van der Waals surface area contributed by atoms with Crippen molar-refractivity contribution < 1.29 is 9.53 Å². The summed E-state index contributed by atoms with van der Waals surface area (Å²) in [5.41, 5.74) is 5.59. The van der Waals surface area contributed by atoms with E-state index in [9.17, 15) is 4.79 Å². The highest BCUT2D eigenvalue weighted by molar-refractivity contribution is 7.15. The number of urea groups is 1. The van der Waals surface area contributed by atoms with Gasteiger partial charge in [0.2, 0.25) is 5.13 Å². The largest absolute Gasteiger partial charge is 0.492 e. The van der Waals surface area contributed by atoms with Crippen molar-refractivity contribution in [2.75, 3.05) is 45.1 Å². The summed E-state index contributed by atoms with van der Waals surface area (Å²) in [6.07, 6.45) is 0. The van der Waals surface area contributed by atoms with Gasteiger partial charge in [-0.25, -0.2) is 4.79 Å². The summed E-state index contributed by atoms with van der Waals surface area (Å²) in [7, 11) is 0. The standard InChI is InChI=1S/C17H24N6O2S/c1-13(15-20-21-16(18)26-15)19-17(24)23-9-7-22(8-10-23)11-12-25-14-5-3-2-4-6-14/h2-6,13H,7-12H2,1H3,(H2,18,21)(H,19,24). The van der Waals surface area contributed by atoms with Gasteiger partial charge in [0.05, 0.1) is 6.04 Å². The molecule has 9 heteroatoms. The SMILES string of the molecule is CC(NC(=O)N1CCN(CCOc2ccccc2)CC1)c1nnc(N)s1. The van der Waals surface area contributed by atoms with Crippen molar-refractivity contribution in [1.29, 1.82) is 0 Å². The summed E-state index contributed by atoms with van der Waals surface area (Å²) < 4.78 is 5.73. The Bertz CT molecular complexity index is 702. The van der Waals surface area contributed by atoms with Crippen LogP contribution >= 0.6 is 11.3 Å². The number of rotatable bonds is 6. The van der Waals surface area contributed by atoms with E-state index < -0.39 is 0 Å². The van der Waals surface area contributed by atoms with E-state index in [4.69, 9.17) is 10.5 Å². The van der Waals surface area contributed by atoms with Gasteiger partial charge in [-0.05, 0) is 19.1 Å². The molecule has 2 amide bonds. The number of anilines is 1. The molecule has 0 aliphatic carbocycles. The Morgan fingerprint density at radius 3 is 2.65 bits per heavy atom. The Morgan fingerprint density at radius 2 is 2.00 bits per heavy atom. The Balaban J connectivity index is 1.37. The highest BCUT2D eigenvalue weighted by Gasteiger charge is 2.23. The number of amides is 2. The third-order valence-electron chi connectivity index (χ3n) is 4.25. The molecule has 1 atom stereocenters. The van der Waals surface area contributed by atoms with Crippen molar-refractivity contribution in [2.24, 2.45) is 0 Å². The first-order valence-electron chi connectivity index (χ1n) is 8.66. The van der Waals surface area contributed by atoms with Crippen molar-refractivity contribution in [2.45, 2.75) is 13.0 Å². The van der Waals surface area contributed by atoms with Crippen molar-refractivity contribution in [3.8, 4) is 5.75 Å². The lowest BCUT2D eigenvalue weighted by Gasteiger charge is -2.35. The second kappa shape index (κ2) is 8.81. The maximum atomic E-state index is 12.4. The number of para-hydroxylation sites is 1. The topological polar surface area (TPSA) is 96.6 Å². The maximum absolute atomic E-state index is 12.4. The minimum atomic E-state index is -0.199. The van der Waals surface area contributed by atoms with E-state index in [0.717, 1.165) is 25.4 Å². The zero-order valence-electron chi connectivity index (χ0n) is 14.8. The summed E-state index contributed by atoms with van der Waals surface area (Å²) in [5, 5.41) is 11.8. The second-order valence-electron chi connectivity index (χ2n) is 6.14. The van der Waals surface area contributed by atoms with Gasteiger partial charge in [0.15, 0.2) is 0 Å². The number of nitrogens with two attached hydrogens (primary N) is 1. The molecule has 0 radical (unpaired) electrons. The van der Waals surface area contributed by atoms with Crippen LogP contribution in [0.25, 0.3) is 0 Å². The van der Waals surface area contributed by atoms with Gasteiger partial charge in [-0.15, -0.1) is 10.2 Å². The molecule has 1 aliphatic rings. The van der Waals surface area contributed by atoms with Crippen LogP contribution in [0.2, 0.25) is 0 Å². The molecular formula is C17H24N6O2S. The van der Waals surface area contributed by atoms with Gasteiger partial charge in [-0.2, -0.15) is 0 Å². The molecule has 8 nitrogen and oxygen atoms in total. The van der Waals surface area contributed by atoms with Crippen molar-refractivity contribution in [3.63, 3.8) is 0 Å². The number of hydrogen-bond acceptors (Lipinski definition) is 7. The molecule has 1 fully saturated rings. The van der Waals surface area contributed by atoms with Gasteiger partial charge in [0.25, 0.3) is 0 Å². The van der Waals surface area contributed by atoms with Crippen LogP contribution in [0.1, 0.15) is 18.0 Å². The molecule has 1 aromatic carbocycles. The lowest BCUT2D eigenvalue weighted by molar-refractivity contribution is 0.125. The number of carbonyl (C=O) groups is 1. The third kappa shape index (κ3) is 5.06. The number of ether oxygens (including phenoxy) is 1. The monoisotopic (exact) mass is 376 g/mol. The maximum Gasteiger partial charge on any atom is 0.318 e. The lowest BCUT2D eigenvalue weighted by Crippen LogP contribution is -2.52. The van der Waals surface area contributed by atoms with Crippen LogP contribution in [0.3, 0.4) is 0 Å². The first-order valence-corrected chi connectivity index (χ1v) is 9.48. The summed E-state index contributed by atoms with van der Waals surface area (Å²) in [4.78, 5) is 16.5. The van der Waals surface area contributed by atoms with Gasteiger partial charge < -0.3 is 20.7 Å². The van der Waals surface area contributed by atoms with Gasteiger partial charge in [0, 0.05) is 32.7 Å². The van der Waals surface area contributed by atoms with Crippen LogP contribution in [0.15, 0.2) is 30.3 Å². The van der Waals surface area contributed by atoms with Crippen LogP contribution in [-0.2, 0) is 0 Å². The molecule has 2 aromatic rings. The van der Waals surface area contributed by atoms with E-state index >= 15 is 0 Å². The number of aromatic nitrogens is 2. The van der Waals surface area contributed by atoms with Crippen molar-refractivity contribution in [1.82, 2.24) is 25.3 Å². The van der Waals surface area contributed by atoms with Gasteiger partial charge >= 0.3 is 6.03 Å². The summed E-state index contributed by atoms with van der Waals surface area (Å²) >= 11 is 1.29. The van der Waals surface area contributed by atoms with Crippen molar-refractivity contribution in [3.05, 3.63) is 35.3 Å². The average molecular weight is 376 g/mol. The summed E-state index contributed by atoms with van der Waals surface area (Å²) in [6.45, 7) is 6.45. The van der Waals surface area contributed by atoms with Gasteiger partial charge in [-0.3, -0.25) is 4.90 Å². The zero-order valence-corrected chi connectivity index (χ0v) is 15.6. The molecule has 3 N–H and O–H groups in total. The smallest absolute Gasteiger partial charge is 0.318 e. The molecule has 2 heterocycles. The van der Waals surface area contributed by atoms with E-state index in [1.54, 1.807) is 0 Å². The molecule has 26 heavy (non-hydrogen) atoms. The quantitative estimate of drug-likeness (QED) is 0.795. The average Bonchev–Trinajstić information content (AvgIpc) is 3.10. The number of nitrogen functional groups attached to an aromatic ring is 1. The molecule has 1 unspecified atom stereocenters. The fourth-order valence-corrected chi connectivity index (χ4v) is 3.36. The Hall–Kier alpha value is -2.39. The minimum absolute atomic E-state index is 0.0774. The number of carbonyl (C=O) groups excluding carboxylic acids is 1. The molecule has 1 aromatic heterocycles. The van der Waals surface area contributed by atoms with E-state index in [-0.39, 0.29) is 12.1 Å². The lowest BCUT2D eigenvalue weighted by atomic mass is 10.3. The number of nitrogens with zero attached hydrogens (tertiary/aromatic N) is 4. The normalized spacial score (nSPS) is 16.3. The number of piperazine rings is 1. The minimum Gasteiger partial charge on any atom is -0.492 e. The highest BCUT2D eigenvalue weighted by Crippen LogP contribution is 2.19. The van der Waals surface area contributed by atoms with E-state index in [2.05, 4.69) is 20.4 Å². The first-order chi connectivity index (χ1) is 12.6. The van der Waals surface area contributed by atoms with Gasteiger partial charge in [-0.1, -0.05) is 29.5 Å². The van der Waals surface area contributed by atoms with E-state index in [1.807, 2.05) is 42.2 Å². The second-order valence-corrected chi connectivity index (χ2v) is 7.18. The fourth-order valence-electron chi connectivity index (χ4n) is 2.74. The summed E-state index contributed by atoms with van der Waals surface area (Å²) in [6, 6.07) is 9.52. The Morgan fingerprint density at radius 1 is 1.27 bits per heavy atom. The number of benzene rings is 1. The predicted octanol–water partition coefficient (Wildman–Crippen LogP) is 1.59. The van der Waals surface area contributed by atoms with Crippen LogP contribution < -0.4 is 15.8 Å². The molecule has 140 valence electrons. The van der Waals surface area contributed by atoms with Crippen LogP contribution in [0.5, 0.6) is 5.75 Å². The van der Waals surface area contributed by atoms with E-state index in [0.29, 0.717) is 29.8 Å². The van der Waals surface area contributed by atoms with E-state index in [1.165, 1.54) is 11.3 Å². The van der Waals surface area contributed by atoms with Crippen LogP contribution in [-0.4, -0.2) is 65.4 Å². The molecule has 0 spiro atoms. The Labute approximate surface area is 156 Å². The van der Waals surface area contributed by atoms with Crippen LogP contribution in [0, 0.1) is 0 Å². The molecule has 1 saturated heterocycles. The third-order valence-corrected chi connectivity index (χ3v) is 5.18. The molecule has 0 saturated carbocycles.